The van der Waals surface area contributed by atoms with Crippen molar-refractivity contribution in [2.45, 2.75) is 26.6 Å². The van der Waals surface area contributed by atoms with Gasteiger partial charge in [0.15, 0.2) is 0 Å². The van der Waals surface area contributed by atoms with Crippen LogP contribution in [0, 0.1) is 6.92 Å². The second-order valence-corrected chi connectivity index (χ2v) is 8.20. The van der Waals surface area contributed by atoms with E-state index in [1.165, 1.54) is 29.6 Å². The van der Waals surface area contributed by atoms with E-state index in [-0.39, 0.29) is 19.0 Å². The maximum atomic E-state index is 12.7. The molecule has 5 nitrogen and oxygen atoms in total. The third-order valence-corrected chi connectivity index (χ3v) is 6.13. The third-order valence-electron chi connectivity index (χ3n) is 4.24. The average Bonchev–Trinajstić information content (AvgIpc) is 3.34. The molecule has 0 saturated heterocycles. The molecule has 2 heterocycles. The number of hydrogen-bond acceptors (Lipinski definition) is 5. The lowest BCUT2D eigenvalue weighted by atomic mass is 10.2. The van der Waals surface area contributed by atoms with Crippen LogP contribution in [0.4, 0.5) is 18.9 Å². The quantitative estimate of drug-likeness (QED) is 0.548. The van der Waals surface area contributed by atoms with Crippen molar-refractivity contribution in [3.63, 3.8) is 0 Å². The average molecular weight is 454 g/mol. The van der Waals surface area contributed by atoms with Gasteiger partial charge in [-0.15, -0.1) is 11.3 Å². The zero-order chi connectivity index (χ0) is 21.9. The van der Waals surface area contributed by atoms with E-state index in [1.807, 2.05) is 16.8 Å². The lowest BCUT2D eigenvalue weighted by molar-refractivity contribution is -0.185. The van der Waals surface area contributed by atoms with Crippen LogP contribution in [-0.2, 0) is 11.3 Å². The molecular formula is C20H18F3N3O2S2. The third kappa shape index (κ3) is 5.06. The number of thiophene rings is 1. The van der Waals surface area contributed by atoms with E-state index in [0.29, 0.717) is 26.7 Å². The maximum Gasteiger partial charge on any atom is 0.471 e. The first-order chi connectivity index (χ1) is 14.2. The van der Waals surface area contributed by atoms with Crippen LogP contribution in [0.5, 0.6) is 0 Å². The standard InChI is InChI=1S/C20H18F3N3O2S2/c1-3-26(19(28)20(21,22)23)10-13-5-4-6-15(9-13)25-17(27)16-12(2)24-18(30-16)14-7-8-29-11-14/h4-9,11H,3,10H2,1-2H3,(H,25,27). The first kappa shape index (κ1) is 22.0. The molecule has 0 aliphatic heterocycles. The topological polar surface area (TPSA) is 62.3 Å². The highest BCUT2D eigenvalue weighted by Crippen LogP contribution is 2.30. The summed E-state index contributed by atoms with van der Waals surface area (Å²) in [4.78, 5) is 29.8. The second kappa shape index (κ2) is 8.97. The van der Waals surface area contributed by atoms with Gasteiger partial charge in [-0.25, -0.2) is 4.98 Å². The van der Waals surface area contributed by atoms with Crippen molar-refractivity contribution < 1.29 is 22.8 Å². The van der Waals surface area contributed by atoms with E-state index in [4.69, 9.17) is 0 Å². The van der Waals surface area contributed by atoms with E-state index in [1.54, 1.807) is 31.2 Å². The molecule has 0 bridgehead atoms. The molecule has 0 saturated carbocycles. The molecule has 0 aliphatic rings. The summed E-state index contributed by atoms with van der Waals surface area (Å²) in [5.74, 6) is -2.23. The van der Waals surface area contributed by atoms with Crippen LogP contribution in [0.25, 0.3) is 10.6 Å². The minimum absolute atomic E-state index is 0.0830. The molecule has 3 aromatic rings. The Hall–Kier alpha value is -2.72. The number of nitrogens with one attached hydrogen (secondary N) is 1. The molecule has 0 unspecified atom stereocenters. The van der Waals surface area contributed by atoms with Crippen LogP contribution in [0.2, 0.25) is 0 Å². The van der Waals surface area contributed by atoms with Crippen LogP contribution in [0.15, 0.2) is 41.1 Å². The number of carbonyl (C=O) groups is 2. The van der Waals surface area contributed by atoms with E-state index in [9.17, 15) is 22.8 Å². The fraction of sp³-hybridized carbons (Fsp3) is 0.250. The Kier molecular flexibility index (Phi) is 6.57. The number of carbonyl (C=O) groups excluding carboxylic acids is 2. The fourth-order valence-corrected chi connectivity index (χ4v) is 4.45. The van der Waals surface area contributed by atoms with Crippen LogP contribution < -0.4 is 5.32 Å². The van der Waals surface area contributed by atoms with Gasteiger partial charge in [-0.2, -0.15) is 24.5 Å². The first-order valence-corrected chi connectivity index (χ1v) is 10.7. The number of alkyl halides is 3. The van der Waals surface area contributed by atoms with E-state index in [0.717, 1.165) is 10.6 Å². The number of aromatic nitrogens is 1. The molecule has 2 amide bonds. The Labute approximate surface area is 179 Å². The van der Waals surface area contributed by atoms with Gasteiger partial charge in [0.1, 0.15) is 9.88 Å². The summed E-state index contributed by atoms with van der Waals surface area (Å²) in [5, 5.41) is 7.38. The molecule has 0 atom stereocenters. The van der Waals surface area contributed by atoms with Crippen molar-refractivity contribution in [2.75, 3.05) is 11.9 Å². The number of anilines is 1. The first-order valence-electron chi connectivity index (χ1n) is 8.95. The lowest BCUT2D eigenvalue weighted by Gasteiger charge is -2.22. The highest BCUT2D eigenvalue weighted by Gasteiger charge is 2.41. The number of aryl methyl sites for hydroxylation is 1. The molecule has 3 rings (SSSR count). The second-order valence-electron chi connectivity index (χ2n) is 6.42. The SMILES string of the molecule is CCN(Cc1cccc(NC(=O)c2sc(-c3ccsc3)nc2C)c1)C(=O)C(F)(F)F. The minimum Gasteiger partial charge on any atom is -0.331 e. The van der Waals surface area contributed by atoms with Gasteiger partial charge >= 0.3 is 12.1 Å². The van der Waals surface area contributed by atoms with Crippen molar-refractivity contribution in [1.82, 2.24) is 9.88 Å². The van der Waals surface area contributed by atoms with E-state index >= 15 is 0 Å². The molecule has 2 aromatic heterocycles. The Balaban J connectivity index is 1.74. The molecule has 0 aliphatic carbocycles. The smallest absolute Gasteiger partial charge is 0.331 e. The van der Waals surface area contributed by atoms with Crippen LogP contribution >= 0.6 is 22.7 Å². The van der Waals surface area contributed by atoms with Gasteiger partial charge in [0.05, 0.1) is 5.69 Å². The van der Waals surface area contributed by atoms with Crippen molar-refractivity contribution in [3.8, 4) is 10.6 Å². The molecular weight excluding hydrogens is 435 g/mol. The van der Waals surface area contributed by atoms with Crippen LogP contribution in [-0.4, -0.2) is 34.4 Å². The molecule has 30 heavy (non-hydrogen) atoms. The summed E-state index contributed by atoms with van der Waals surface area (Å²) in [5.41, 5.74) is 2.45. The number of hydrogen-bond donors (Lipinski definition) is 1. The van der Waals surface area contributed by atoms with Gasteiger partial charge in [0.2, 0.25) is 0 Å². The minimum atomic E-state index is -4.92. The summed E-state index contributed by atoms with van der Waals surface area (Å²) in [6, 6.07) is 8.34. The van der Waals surface area contributed by atoms with E-state index < -0.39 is 12.1 Å². The van der Waals surface area contributed by atoms with Crippen molar-refractivity contribution in [1.29, 1.82) is 0 Å². The molecule has 0 radical (unpaired) electrons. The van der Waals surface area contributed by atoms with Crippen molar-refractivity contribution in [3.05, 3.63) is 57.2 Å². The van der Waals surface area contributed by atoms with Gasteiger partial charge in [0.25, 0.3) is 5.91 Å². The Bertz CT molecular complexity index is 1050. The maximum absolute atomic E-state index is 12.7. The van der Waals surface area contributed by atoms with Gasteiger partial charge in [-0.3, -0.25) is 9.59 Å². The monoisotopic (exact) mass is 453 g/mol. The fourth-order valence-electron chi connectivity index (χ4n) is 2.78. The number of rotatable bonds is 6. The van der Waals surface area contributed by atoms with Crippen LogP contribution in [0.3, 0.4) is 0 Å². The Morgan fingerprint density at radius 3 is 2.63 bits per heavy atom. The van der Waals surface area contributed by atoms with Gasteiger partial charge in [-0.1, -0.05) is 12.1 Å². The molecule has 158 valence electrons. The Morgan fingerprint density at radius 2 is 2.00 bits per heavy atom. The zero-order valence-electron chi connectivity index (χ0n) is 16.1. The molecule has 1 aromatic carbocycles. The Morgan fingerprint density at radius 1 is 1.23 bits per heavy atom. The highest BCUT2D eigenvalue weighted by atomic mass is 32.1. The van der Waals surface area contributed by atoms with Crippen molar-refractivity contribution >= 4 is 40.2 Å². The molecule has 10 heteroatoms. The number of benzene rings is 1. The molecule has 1 N–H and O–H groups in total. The summed E-state index contributed by atoms with van der Waals surface area (Å²) in [7, 11) is 0. The van der Waals surface area contributed by atoms with Gasteiger partial charge in [0, 0.05) is 29.7 Å². The predicted octanol–water partition coefficient (Wildman–Crippen LogP) is 5.34. The highest BCUT2D eigenvalue weighted by molar-refractivity contribution is 7.17. The molecule has 0 spiro atoms. The van der Waals surface area contributed by atoms with Gasteiger partial charge in [-0.05, 0) is 43.0 Å². The summed E-state index contributed by atoms with van der Waals surface area (Å²) in [6.07, 6.45) is -4.92. The number of halogens is 3. The normalized spacial score (nSPS) is 11.4. The number of thiazole rings is 1. The number of nitrogens with zero attached hydrogens (tertiary/aromatic N) is 2. The summed E-state index contributed by atoms with van der Waals surface area (Å²) in [6.45, 7) is 2.94. The predicted molar refractivity (Wildman–Crippen MR) is 112 cm³/mol. The van der Waals surface area contributed by atoms with E-state index in [2.05, 4.69) is 10.3 Å². The summed E-state index contributed by atoms with van der Waals surface area (Å²) < 4.78 is 38.2. The number of amides is 2. The molecule has 0 fully saturated rings. The van der Waals surface area contributed by atoms with Crippen LogP contribution in [0.1, 0.15) is 27.9 Å². The summed E-state index contributed by atoms with van der Waals surface area (Å²) >= 11 is 2.82. The zero-order valence-corrected chi connectivity index (χ0v) is 17.7. The van der Waals surface area contributed by atoms with Gasteiger partial charge < -0.3 is 10.2 Å². The van der Waals surface area contributed by atoms with Crippen molar-refractivity contribution in [2.24, 2.45) is 0 Å². The largest absolute Gasteiger partial charge is 0.471 e. The lowest BCUT2D eigenvalue weighted by Crippen LogP contribution is -2.40.